The lowest BCUT2D eigenvalue weighted by Gasteiger charge is -2.53. The van der Waals surface area contributed by atoms with Gasteiger partial charge in [-0.25, -0.2) is 0 Å². The van der Waals surface area contributed by atoms with E-state index in [1.807, 2.05) is 20.8 Å². The summed E-state index contributed by atoms with van der Waals surface area (Å²) in [5.41, 5.74) is 2.44. The van der Waals surface area contributed by atoms with Crippen molar-refractivity contribution >= 4 is 0 Å². The lowest BCUT2D eigenvalue weighted by Crippen LogP contribution is -2.58. The number of rotatable bonds is 11. The molecular formula is C48H74O17. The molecule has 7 aliphatic heterocycles. The molecule has 0 aromatic heterocycles. The van der Waals surface area contributed by atoms with Gasteiger partial charge in [-0.1, -0.05) is 18.6 Å². The fraction of sp³-hybridized carbons (Fsp3) is 0.917. The van der Waals surface area contributed by atoms with Crippen LogP contribution in [0.2, 0.25) is 0 Å². The Kier molecular flexibility index (Phi) is 13.2. The third-order valence-electron chi connectivity index (χ3n) is 17.2. The highest BCUT2D eigenvalue weighted by Gasteiger charge is 2.72. The van der Waals surface area contributed by atoms with Crippen molar-refractivity contribution in [2.75, 3.05) is 34.5 Å². The quantitative estimate of drug-likeness (QED) is 0.254. The lowest BCUT2D eigenvalue weighted by molar-refractivity contribution is -0.347. The van der Waals surface area contributed by atoms with Crippen molar-refractivity contribution in [3.63, 3.8) is 0 Å². The summed E-state index contributed by atoms with van der Waals surface area (Å²) in [6.07, 6.45) is -2.24. The normalized spacial score (nSPS) is 54.0. The maximum atomic E-state index is 11.8. The summed E-state index contributed by atoms with van der Waals surface area (Å²) in [6, 6.07) is 0. The van der Waals surface area contributed by atoms with Gasteiger partial charge in [0.05, 0.1) is 85.6 Å². The third kappa shape index (κ3) is 8.20. The molecule has 0 radical (unpaired) electrons. The molecule has 17 nitrogen and oxygen atoms in total. The highest BCUT2D eigenvalue weighted by atomic mass is 16.8. The van der Waals surface area contributed by atoms with Crippen LogP contribution in [0.5, 0.6) is 0 Å². The molecular weight excluding hydrogens is 849 g/mol. The van der Waals surface area contributed by atoms with Gasteiger partial charge in [0, 0.05) is 47.0 Å². The molecule has 7 saturated heterocycles. The van der Waals surface area contributed by atoms with Crippen molar-refractivity contribution in [1.82, 2.24) is 0 Å². The Morgan fingerprint density at radius 2 is 1.22 bits per heavy atom. The highest BCUT2D eigenvalue weighted by molar-refractivity contribution is 5.41. The van der Waals surface area contributed by atoms with E-state index in [2.05, 4.69) is 19.9 Å². The zero-order chi connectivity index (χ0) is 45.7. The minimum atomic E-state index is -0.894. The Morgan fingerprint density at radius 1 is 0.646 bits per heavy atom. The minimum absolute atomic E-state index is 0.0405. The summed E-state index contributed by atoms with van der Waals surface area (Å²) < 4.78 is 87.6. The largest absolute Gasteiger partial charge is 0.491 e. The number of methoxy groups -OCH3 is 3. The average Bonchev–Trinajstić information content (AvgIpc) is 3.90. The number of hydrogen-bond acceptors (Lipinski definition) is 17. The molecule has 1 spiro atoms. The summed E-state index contributed by atoms with van der Waals surface area (Å²) in [4.78, 5) is 0. The average molecular weight is 923 g/mol. The molecule has 3 N–H and O–H groups in total. The summed E-state index contributed by atoms with van der Waals surface area (Å²) in [6.45, 7) is 13.1. The van der Waals surface area contributed by atoms with E-state index in [4.69, 9.17) is 66.3 Å². The van der Waals surface area contributed by atoms with Crippen molar-refractivity contribution in [2.24, 2.45) is 22.7 Å². The molecule has 0 amide bonds. The lowest BCUT2D eigenvalue weighted by atomic mass is 9.52. The van der Waals surface area contributed by atoms with E-state index in [0.717, 1.165) is 25.0 Å². The summed E-state index contributed by atoms with van der Waals surface area (Å²) in [5.74, 6) is 1.12. The van der Waals surface area contributed by atoms with Crippen LogP contribution < -0.4 is 0 Å². The van der Waals surface area contributed by atoms with Crippen LogP contribution in [0.1, 0.15) is 99.3 Å². The van der Waals surface area contributed by atoms with E-state index in [9.17, 15) is 15.3 Å². The molecule has 10 aliphatic rings. The Labute approximate surface area is 382 Å². The minimum Gasteiger partial charge on any atom is -0.491 e. The molecule has 17 heteroatoms. The molecule has 1 saturated carbocycles. The number of aliphatic hydroxyl groups excluding tert-OH is 3. The molecule has 10 rings (SSSR count). The van der Waals surface area contributed by atoms with Crippen molar-refractivity contribution in [3.8, 4) is 0 Å². The molecule has 0 bridgehead atoms. The van der Waals surface area contributed by atoms with Gasteiger partial charge in [-0.15, -0.1) is 0 Å². The van der Waals surface area contributed by atoms with Crippen LogP contribution in [0.4, 0.5) is 0 Å². The first-order valence-electron chi connectivity index (χ1n) is 24.3. The molecule has 24 atom stereocenters. The van der Waals surface area contributed by atoms with Gasteiger partial charge >= 0.3 is 0 Å². The van der Waals surface area contributed by atoms with Crippen LogP contribution in [-0.4, -0.2) is 172 Å². The number of aliphatic hydroxyl groups is 3. The van der Waals surface area contributed by atoms with E-state index in [0.29, 0.717) is 51.2 Å². The predicted octanol–water partition coefficient (Wildman–Crippen LogP) is 3.77. The maximum Gasteiger partial charge on any atom is 0.173 e. The molecule has 3 aliphatic carbocycles. The molecule has 8 fully saturated rings. The Hall–Kier alpha value is -1.36. The summed E-state index contributed by atoms with van der Waals surface area (Å²) in [5, 5.41) is 33.4. The van der Waals surface area contributed by atoms with Crippen LogP contribution in [0.25, 0.3) is 0 Å². The van der Waals surface area contributed by atoms with E-state index in [1.54, 1.807) is 28.3 Å². The standard InChI is InChI=1S/C48H74O17/c1-22-40(51)32(52-7)16-38(57-22)63-41-23(2)58-36(15-29(41)49)64-42-25(4)60-39(18-34(42)54-9)65-43-24(3)59-37(17-33(43)53-8)61-31-14-26-10-11-27-28(46(26,5)19-30(31)50)12-13-48-21-56-47(6)44(48)35(20-55-47)62-45(27)48/h10,22-25,28-44,49-51H,11-21H2,1-9H3. The van der Waals surface area contributed by atoms with Gasteiger partial charge in [0.15, 0.2) is 30.9 Å². The van der Waals surface area contributed by atoms with Gasteiger partial charge in [0.2, 0.25) is 0 Å². The van der Waals surface area contributed by atoms with Gasteiger partial charge in [0.1, 0.15) is 36.3 Å². The highest BCUT2D eigenvalue weighted by Crippen LogP contribution is 2.69. The van der Waals surface area contributed by atoms with Gasteiger partial charge in [0.25, 0.3) is 0 Å². The Balaban J connectivity index is 0.725. The first-order valence-corrected chi connectivity index (χ1v) is 24.3. The number of fused-ring (bicyclic) bond motifs is 3. The second kappa shape index (κ2) is 18.1. The van der Waals surface area contributed by atoms with Crippen molar-refractivity contribution in [3.05, 3.63) is 23.0 Å². The summed E-state index contributed by atoms with van der Waals surface area (Å²) >= 11 is 0. The molecule has 0 aromatic carbocycles. The fourth-order valence-electron chi connectivity index (χ4n) is 13.8. The van der Waals surface area contributed by atoms with E-state index >= 15 is 0 Å². The van der Waals surface area contributed by atoms with Gasteiger partial charge < -0.3 is 81.6 Å². The van der Waals surface area contributed by atoms with E-state index in [1.165, 1.54) is 11.1 Å². The van der Waals surface area contributed by atoms with Crippen LogP contribution in [0, 0.1) is 22.7 Å². The van der Waals surface area contributed by atoms with Gasteiger partial charge in [-0.2, -0.15) is 0 Å². The number of hydrogen-bond donors (Lipinski definition) is 3. The second-order valence-corrected chi connectivity index (χ2v) is 21.1. The zero-order valence-corrected chi connectivity index (χ0v) is 39.5. The van der Waals surface area contributed by atoms with Crippen LogP contribution >= 0.6 is 0 Å². The zero-order valence-electron chi connectivity index (χ0n) is 39.5. The fourth-order valence-corrected chi connectivity index (χ4v) is 13.8. The topological polar surface area (TPSA) is 190 Å². The van der Waals surface area contributed by atoms with Crippen LogP contribution in [0.15, 0.2) is 23.0 Å². The van der Waals surface area contributed by atoms with E-state index in [-0.39, 0.29) is 35.4 Å². The SMILES string of the molecule is COC1CC(OC2C(O)CC(OC3C(C)OC(OC4C(C)OC(OC5CC6=CCC7=C8OC9COC%10(C)OCC8(CCC7C6(C)CC5O)C9%10)CC4OC)CC3OC)OC2C)OC(C)C1O. The third-order valence-corrected chi connectivity index (χ3v) is 17.2. The number of allylic oxidation sites excluding steroid dienone is 2. The molecule has 0 aromatic rings. The smallest absolute Gasteiger partial charge is 0.173 e. The summed E-state index contributed by atoms with van der Waals surface area (Å²) in [7, 11) is 4.85. The van der Waals surface area contributed by atoms with Gasteiger partial charge in [-0.05, 0) is 83.6 Å². The monoisotopic (exact) mass is 922 g/mol. The Bertz CT molecular complexity index is 1770. The molecule has 7 heterocycles. The van der Waals surface area contributed by atoms with Crippen LogP contribution in [0.3, 0.4) is 0 Å². The first-order chi connectivity index (χ1) is 31.1. The Morgan fingerprint density at radius 3 is 1.85 bits per heavy atom. The molecule has 65 heavy (non-hydrogen) atoms. The molecule has 368 valence electrons. The predicted molar refractivity (Wildman–Crippen MR) is 227 cm³/mol. The van der Waals surface area contributed by atoms with Crippen molar-refractivity contribution < 1.29 is 81.6 Å². The molecule has 24 unspecified atom stereocenters. The second-order valence-electron chi connectivity index (χ2n) is 21.1. The maximum absolute atomic E-state index is 11.8. The first kappa shape index (κ1) is 47.3. The van der Waals surface area contributed by atoms with Crippen molar-refractivity contribution in [1.29, 1.82) is 0 Å². The van der Waals surface area contributed by atoms with Crippen molar-refractivity contribution in [2.45, 2.75) is 222 Å². The van der Waals surface area contributed by atoms with Gasteiger partial charge in [-0.3, -0.25) is 0 Å². The van der Waals surface area contributed by atoms with Crippen LogP contribution in [-0.2, 0) is 66.3 Å². The number of ether oxygens (including phenoxy) is 14. The van der Waals surface area contributed by atoms with E-state index < -0.39 is 110 Å².